The van der Waals surface area contributed by atoms with Gasteiger partial charge in [0.1, 0.15) is 39.1 Å². The number of fused-ring (bicyclic) bond motifs is 2. The third kappa shape index (κ3) is 4.88. The number of sulfone groups is 1. The summed E-state index contributed by atoms with van der Waals surface area (Å²) in [4.78, 5) is 19.0. The second kappa shape index (κ2) is 10.6. The van der Waals surface area contributed by atoms with Gasteiger partial charge in [-0.3, -0.25) is 4.98 Å². The summed E-state index contributed by atoms with van der Waals surface area (Å²) in [7, 11) is -4.01. The Morgan fingerprint density at radius 2 is 1.80 bits per heavy atom. The topological polar surface area (TPSA) is 170 Å². The number of halogens is 1. The van der Waals surface area contributed by atoms with E-state index >= 15 is 0 Å². The fourth-order valence-corrected chi connectivity index (χ4v) is 10.9. The molecule has 46 heavy (non-hydrogen) atoms. The lowest BCUT2D eigenvalue weighted by Gasteiger charge is -2.26. The minimum atomic E-state index is -4.01. The third-order valence-corrected chi connectivity index (χ3v) is 13.5. The van der Waals surface area contributed by atoms with Gasteiger partial charge in [0, 0.05) is 24.6 Å². The van der Waals surface area contributed by atoms with E-state index in [0.717, 1.165) is 53.7 Å². The van der Waals surface area contributed by atoms with Gasteiger partial charge in [-0.15, -0.1) is 11.3 Å². The third-order valence-electron chi connectivity index (χ3n) is 10.2. The fraction of sp³-hybridized carbons (Fsp3) is 0.500. The van der Waals surface area contributed by atoms with Gasteiger partial charge in [-0.1, -0.05) is 12.8 Å². The molecule has 4 fully saturated rings. The lowest BCUT2D eigenvalue weighted by Crippen LogP contribution is -2.43. The number of thiazole rings is 1. The molecule has 8 rings (SSSR count). The summed E-state index contributed by atoms with van der Waals surface area (Å²) in [5.74, 6) is -0.181. The summed E-state index contributed by atoms with van der Waals surface area (Å²) in [6.07, 6.45) is 6.04. The number of benzene rings is 1. The van der Waals surface area contributed by atoms with Gasteiger partial charge in [-0.05, 0) is 69.4 Å². The quantitative estimate of drug-likeness (QED) is 0.164. The van der Waals surface area contributed by atoms with Gasteiger partial charge in [0.2, 0.25) is 5.95 Å². The highest BCUT2D eigenvalue weighted by atomic mass is 32.2. The molecule has 4 aliphatic rings. The maximum absolute atomic E-state index is 13.5. The molecule has 4 aromatic rings. The van der Waals surface area contributed by atoms with Crippen molar-refractivity contribution in [3.05, 3.63) is 53.7 Å². The van der Waals surface area contributed by atoms with E-state index in [1.54, 1.807) is 6.20 Å². The Hall–Kier alpha value is -3.30. The molecule has 11 nitrogen and oxygen atoms in total. The number of hydrogen-bond acceptors (Lipinski definition) is 12. The van der Waals surface area contributed by atoms with Crippen LogP contribution in [0.5, 0.6) is 0 Å². The molecule has 0 bridgehead atoms. The number of aliphatic hydroxyl groups excluding tert-OH is 1. The number of pyridine rings is 1. The van der Waals surface area contributed by atoms with E-state index in [1.165, 1.54) is 23.5 Å². The average molecular weight is 667 g/mol. The molecule has 5 N–H and O–H groups in total. The number of rotatable bonds is 9. The second-order valence-corrected chi connectivity index (χ2v) is 16.4. The number of anilines is 2. The van der Waals surface area contributed by atoms with Crippen LogP contribution >= 0.6 is 11.3 Å². The van der Waals surface area contributed by atoms with Crippen LogP contribution in [0.3, 0.4) is 0 Å². The SMILES string of the molecule is Cc1nc(NCC2(O)CCCC2)nc(N[C@@H]2C[C@@H]3C(S(=O)(=O)c4ccc(F)cc4)[C@]3(O)[C@H]2O)c1-c1nc2c(C3CC3)nccc2s1. The van der Waals surface area contributed by atoms with Gasteiger partial charge in [0.15, 0.2) is 9.84 Å². The highest BCUT2D eigenvalue weighted by Crippen LogP contribution is 2.61. The van der Waals surface area contributed by atoms with Crippen molar-refractivity contribution in [2.45, 2.75) is 91.3 Å². The van der Waals surface area contributed by atoms with Gasteiger partial charge in [0.25, 0.3) is 0 Å². The molecule has 1 aromatic carbocycles. The van der Waals surface area contributed by atoms with Crippen molar-refractivity contribution < 1.29 is 28.1 Å². The molecule has 0 spiro atoms. The zero-order valence-electron chi connectivity index (χ0n) is 25.1. The van der Waals surface area contributed by atoms with Crippen molar-refractivity contribution in [3.8, 4) is 10.6 Å². The summed E-state index contributed by atoms with van der Waals surface area (Å²) in [5.41, 5.74) is 0.417. The zero-order valence-corrected chi connectivity index (χ0v) is 26.8. The summed E-state index contributed by atoms with van der Waals surface area (Å²) in [6.45, 7) is 2.14. The summed E-state index contributed by atoms with van der Waals surface area (Å²) in [5, 5.41) is 39.8. The Labute approximate surface area is 269 Å². The second-order valence-electron chi connectivity index (χ2n) is 13.3. The molecule has 242 valence electrons. The van der Waals surface area contributed by atoms with E-state index in [1.807, 2.05) is 13.0 Å². The van der Waals surface area contributed by atoms with Crippen LogP contribution in [0.1, 0.15) is 62.3 Å². The molecular weight excluding hydrogens is 632 g/mol. The molecule has 3 aromatic heterocycles. The molecule has 4 saturated carbocycles. The van der Waals surface area contributed by atoms with Crippen LogP contribution in [0.25, 0.3) is 20.8 Å². The van der Waals surface area contributed by atoms with Crippen molar-refractivity contribution in [3.63, 3.8) is 0 Å². The van der Waals surface area contributed by atoms with Crippen LogP contribution in [-0.2, 0) is 9.84 Å². The minimum Gasteiger partial charge on any atom is -0.388 e. The highest BCUT2D eigenvalue weighted by Gasteiger charge is 2.78. The van der Waals surface area contributed by atoms with Crippen LogP contribution in [0.4, 0.5) is 16.2 Å². The van der Waals surface area contributed by atoms with Crippen molar-refractivity contribution in [2.24, 2.45) is 5.92 Å². The Bertz CT molecular complexity index is 1950. The van der Waals surface area contributed by atoms with Crippen LogP contribution in [0.15, 0.2) is 41.4 Å². The van der Waals surface area contributed by atoms with Crippen molar-refractivity contribution in [2.75, 3.05) is 17.2 Å². The summed E-state index contributed by atoms with van der Waals surface area (Å²) < 4.78 is 41.2. The summed E-state index contributed by atoms with van der Waals surface area (Å²) >= 11 is 1.50. The fourth-order valence-electron chi connectivity index (χ4n) is 7.51. The van der Waals surface area contributed by atoms with Crippen LogP contribution < -0.4 is 10.6 Å². The number of nitrogens with one attached hydrogen (secondary N) is 2. The van der Waals surface area contributed by atoms with E-state index in [2.05, 4.69) is 15.6 Å². The first kappa shape index (κ1) is 30.1. The molecule has 0 radical (unpaired) electrons. The molecule has 5 atom stereocenters. The predicted molar refractivity (Wildman–Crippen MR) is 171 cm³/mol. The first-order valence-corrected chi connectivity index (χ1v) is 18.1. The lowest BCUT2D eigenvalue weighted by molar-refractivity contribution is 0.00552. The summed E-state index contributed by atoms with van der Waals surface area (Å²) in [6, 6.07) is 5.72. The van der Waals surface area contributed by atoms with Crippen LogP contribution in [-0.4, -0.2) is 78.8 Å². The maximum atomic E-state index is 13.5. The van der Waals surface area contributed by atoms with Gasteiger partial charge in [0.05, 0.1) is 38.2 Å². The Morgan fingerprint density at radius 3 is 2.48 bits per heavy atom. The van der Waals surface area contributed by atoms with E-state index in [-0.39, 0.29) is 11.3 Å². The maximum Gasteiger partial charge on any atom is 0.225 e. The van der Waals surface area contributed by atoms with Crippen molar-refractivity contribution >= 4 is 43.2 Å². The molecular formula is C32H35FN6O5S2. The molecule has 0 amide bonds. The molecule has 4 aliphatic carbocycles. The Morgan fingerprint density at radius 1 is 1.07 bits per heavy atom. The number of aromatic nitrogens is 4. The van der Waals surface area contributed by atoms with Crippen molar-refractivity contribution in [1.82, 2.24) is 19.9 Å². The molecule has 1 unspecified atom stereocenters. The number of hydrogen-bond donors (Lipinski definition) is 5. The van der Waals surface area contributed by atoms with E-state index in [4.69, 9.17) is 15.0 Å². The van der Waals surface area contributed by atoms with Gasteiger partial charge in [-0.25, -0.2) is 22.8 Å². The van der Waals surface area contributed by atoms with Crippen LogP contribution in [0, 0.1) is 18.7 Å². The van der Waals surface area contributed by atoms with Gasteiger partial charge >= 0.3 is 0 Å². The first-order valence-electron chi connectivity index (χ1n) is 15.7. The molecule has 14 heteroatoms. The smallest absolute Gasteiger partial charge is 0.225 e. The van der Waals surface area contributed by atoms with Crippen molar-refractivity contribution in [1.29, 1.82) is 0 Å². The largest absolute Gasteiger partial charge is 0.388 e. The first-order chi connectivity index (χ1) is 22.0. The molecule has 3 heterocycles. The van der Waals surface area contributed by atoms with Gasteiger partial charge < -0.3 is 26.0 Å². The van der Waals surface area contributed by atoms with E-state index in [0.29, 0.717) is 53.3 Å². The molecule has 0 saturated heterocycles. The number of aliphatic hydroxyl groups is 3. The monoisotopic (exact) mass is 666 g/mol. The normalized spacial score (nSPS) is 28.4. The molecule has 0 aliphatic heterocycles. The van der Waals surface area contributed by atoms with Crippen LogP contribution in [0.2, 0.25) is 0 Å². The average Bonchev–Trinajstić information content (AvgIpc) is 3.82. The number of aryl methyl sites for hydroxylation is 1. The van der Waals surface area contributed by atoms with E-state index < -0.39 is 50.2 Å². The lowest BCUT2D eigenvalue weighted by atomic mass is 10.0. The van der Waals surface area contributed by atoms with E-state index in [9.17, 15) is 28.1 Å². The number of nitrogens with zero attached hydrogens (tertiary/aromatic N) is 4. The Balaban J connectivity index is 1.12. The zero-order chi connectivity index (χ0) is 32.0. The standard InChI is InChI=1S/C32H35FN6O5S2/c1-16-23(29-38-25-22(45-29)10-13-34-24(25)17-4-5-17)28(39-30(36-16)35-15-31(41)11-2-3-12-31)37-21-14-20-27(32(20,42)26(21)40)46(43,44)19-8-6-18(33)7-9-19/h6-10,13,17,20-21,26-27,40-42H,2-5,11-12,14-15H2,1H3,(H2,35,36,37,39)/t20-,21-,26+,27?,32-/m1/s1. The van der Waals surface area contributed by atoms with Gasteiger partial charge in [-0.2, -0.15) is 4.98 Å². The Kier molecular flexibility index (Phi) is 6.93. The highest BCUT2D eigenvalue weighted by molar-refractivity contribution is 7.92. The predicted octanol–water partition coefficient (Wildman–Crippen LogP) is 3.94. The minimum absolute atomic E-state index is 0.0947.